The number of imide groups is 1. The van der Waals surface area contributed by atoms with Crippen LogP contribution in [-0.4, -0.2) is 144 Å². The van der Waals surface area contributed by atoms with Crippen LogP contribution in [0.15, 0.2) is 59.3 Å². The Morgan fingerprint density at radius 2 is 1.72 bits per heavy atom. The number of carbonyl (C=O) groups excluding carboxylic acids is 2. The van der Waals surface area contributed by atoms with Gasteiger partial charge < -0.3 is 37.5 Å². The van der Waals surface area contributed by atoms with Gasteiger partial charge in [0, 0.05) is 23.9 Å². The van der Waals surface area contributed by atoms with Gasteiger partial charge in [0.15, 0.2) is 44.2 Å². The number of carbonyl (C=O) groups is 2. The summed E-state index contributed by atoms with van der Waals surface area (Å²) >= 11 is 7.63. The van der Waals surface area contributed by atoms with Crippen molar-refractivity contribution in [3.63, 3.8) is 0 Å². The van der Waals surface area contributed by atoms with Crippen LogP contribution in [0.2, 0.25) is 18.1 Å². The number of aryl methyl sites for hydroxylation is 1. The van der Waals surface area contributed by atoms with Crippen LogP contribution in [0.4, 0.5) is 4.39 Å². The topological polar surface area (TPSA) is 247 Å². The predicted octanol–water partition coefficient (Wildman–Crippen LogP) is 5.49. The molecule has 71 heavy (non-hydrogen) atoms. The average molecular weight is 1080 g/mol. The van der Waals surface area contributed by atoms with Crippen LogP contribution < -0.4 is 5.56 Å². The number of amides is 2. The number of thioether (sulfide) groups is 1. The largest absolute Gasteiger partial charge is 0.695 e. The number of fused-ring (bicyclic) bond motifs is 2. The van der Waals surface area contributed by atoms with Crippen LogP contribution in [0.25, 0.3) is 27.0 Å². The summed E-state index contributed by atoms with van der Waals surface area (Å²) in [5.74, 6) is -0.105. The standard InChI is InChI=1S/C43H50FN9O13P2S2Si/c1-43(2,3)71(5,6)66-33-27(19-54)62-42(53-23-48-31-36(53)49-22-50(40(31)57)14-15-51-38(55)25-11-7-8-12-26(25)39(51)56)34(33)65-68(69,60-16-13-45-4)61-20-28-32(64-67(58)59)30(44)41(63-28)52-18-24-10-9-17-70-37-29(24)35(52)46-21-47-37/h7-8,11-12,18,21-23,27-28,30,32-34,41-42,54H,9-10,13-17,19-20H2,1-3,5-6H3/p+1/t27-,28-,30-,32-,33-,34-,41-,42-,68?/m1/s1. The highest BCUT2D eigenvalue weighted by Crippen LogP contribution is 2.56. The summed E-state index contributed by atoms with van der Waals surface area (Å²) in [4.78, 5) is 72.3. The summed E-state index contributed by atoms with van der Waals surface area (Å²) < 4.78 is 77.2. The molecule has 4 aliphatic rings. The number of hydrogen-bond donors (Lipinski definition) is 2. The molecule has 2 fully saturated rings. The van der Waals surface area contributed by atoms with Gasteiger partial charge in [0.1, 0.15) is 54.4 Å². The second-order valence-corrected chi connectivity index (χ2v) is 28.2. The van der Waals surface area contributed by atoms with Gasteiger partial charge in [0.25, 0.3) is 17.4 Å². The van der Waals surface area contributed by atoms with E-state index < -0.39 is 103 Å². The number of imidazole rings is 1. The number of aliphatic hydroxyl groups is 1. The number of aromatic nitrogens is 7. The predicted molar refractivity (Wildman–Crippen MR) is 259 cm³/mol. The first kappa shape index (κ1) is 51.6. The van der Waals surface area contributed by atoms with E-state index in [4.69, 9.17) is 50.4 Å². The van der Waals surface area contributed by atoms with Crippen molar-refractivity contribution in [3.05, 3.63) is 87.9 Å². The minimum Gasteiger partial charge on any atom is -0.408 e. The number of aliphatic hydroxyl groups excluding tert-OH is 1. The lowest BCUT2D eigenvalue weighted by atomic mass is 10.1. The molecule has 9 rings (SSSR count). The SMILES string of the molecule is [C-]#[N+]CCOP(=S)(OC[C@H]1O[C@@H](n2cc3c4c(ncnc42)SCCC3)[C@H](F)[C@@H]1O[P+](=O)O)O[C@@H]1[C@H](O[Si](C)(C)C(C)(C)C)[C@@H](CO)O[C@H]1n1cnc2c(=O)n(CCN3C(=O)c4ccccc4C3=O)cnc21. The highest BCUT2D eigenvalue weighted by atomic mass is 32.5. The summed E-state index contributed by atoms with van der Waals surface area (Å²) in [6.07, 6.45) is -3.89. The molecule has 2 N–H and O–H groups in total. The summed E-state index contributed by atoms with van der Waals surface area (Å²) in [5.41, 5.74) is 1.21. The molecule has 8 heterocycles. The monoisotopic (exact) mass is 1070 g/mol. The fourth-order valence-electron chi connectivity index (χ4n) is 8.74. The molecule has 0 saturated carbocycles. The van der Waals surface area contributed by atoms with E-state index in [1.807, 2.05) is 33.9 Å². The summed E-state index contributed by atoms with van der Waals surface area (Å²) in [6.45, 7) is 11.5. The molecule has 5 aromatic rings. The lowest BCUT2D eigenvalue weighted by Gasteiger charge is -2.41. The van der Waals surface area contributed by atoms with Crippen LogP contribution in [-0.2, 0) is 61.3 Å². The number of ether oxygens (including phenoxy) is 2. The van der Waals surface area contributed by atoms with Gasteiger partial charge in [0.05, 0.1) is 36.1 Å². The van der Waals surface area contributed by atoms with Gasteiger partial charge in [-0.1, -0.05) is 32.9 Å². The number of benzene rings is 1. The Kier molecular flexibility index (Phi) is 14.9. The van der Waals surface area contributed by atoms with Gasteiger partial charge in [-0.2, -0.15) is 0 Å². The Morgan fingerprint density at radius 1 is 0.986 bits per heavy atom. The molecular weight excluding hydrogens is 1020 g/mol. The second kappa shape index (κ2) is 20.5. The molecule has 2 unspecified atom stereocenters. The Labute approximate surface area is 417 Å². The van der Waals surface area contributed by atoms with Crippen molar-refractivity contribution in [1.82, 2.24) is 38.5 Å². The van der Waals surface area contributed by atoms with E-state index >= 15 is 4.39 Å². The van der Waals surface area contributed by atoms with Gasteiger partial charge in [-0.3, -0.25) is 32.9 Å². The molecule has 0 spiro atoms. The summed E-state index contributed by atoms with van der Waals surface area (Å²) in [7, 11) is -6.09. The highest BCUT2D eigenvalue weighted by molar-refractivity contribution is 8.07. The minimum absolute atomic E-state index is 0.0403. The zero-order chi connectivity index (χ0) is 50.6. The van der Waals surface area contributed by atoms with E-state index in [0.29, 0.717) is 12.1 Å². The van der Waals surface area contributed by atoms with Gasteiger partial charge in [-0.25, -0.2) is 30.9 Å². The minimum atomic E-state index is -4.15. The Morgan fingerprint density at radius 3 is 2.41 bits per heavy atom. The lowest BCUT2D eigenvalue weighted by Crippen LogP contribution is -2.50. The van der Waals surface area contributed by atoms with Crippen molar-refractivity contribution in [3.8, 4) is 0 Å². The molecule has 10 atom stereocenters. The fourth-order valence-corrected chi connectivity index (χ4v) is 13.5. The zero-order valence-corrected chi connectivity index (χ0v) is 43.5. The van der Waals surface area contributed by atoms with Crippen LogP contribution in [0.3, 0.4) is 0 Å². The van der Waals surface area contributed by atoms with Crippen molar-refractivity contribution in [1.29, 1.82) is 0 Å². The quantitative estimate of drug-likeness (QED) is 0.0275. The normalized spacial score (nSPS) is 25.7. The second-order valence-electron chi connectivity index (χ2n) is 18.7. The molecule has 28 heteroatoms. The first-order valence-electron chi connectivity index (χ1n) is 22.7. The average Bonchev–Trinajstić information content (AvgIpc) is 4.10. The first-order valence-corrected chi connectivity index (χ1v) is 30.2. The van der Waals surface area contributed by atoms with E-state index in [2.05, 4.69) is 24.8 Å². The van der Waals surface area contributed by atoms with Gasteiger partial charge in [-0.05, 0) is 66.2 Å². The van der Waals surface area contributed by atoms with Crippen molar-refractivity contribution >= 4 is 80.9 Å². The van der Waals surface area contributed by atoms with Crippen LogP contribution in [0.5, 0.6) is 0 Å². The number of alkyl halides is 1. The summed E-state index contributed by atoms with van der Waals surface area (Å²) in [6, 6.07) is 6.46. The van der Waals surface area contributed by atoms with Gasteiger partial charge in [0.2, 0.25) is 6.54 Å². The fraction of sp³-hybridized carbons (Fsp3) is 0.535. The number of rotatable bonds is 18. The molecule has 0 aliphatic carbocycles. The maximum absolute atomic E-state index is 16.7. The van der Waals surface area contributed by atoms with Crippen molar-refractivity contribution in [2.45, 2.75) is 112 Å². The summed E-state index contributed by atoms with van der Waals surface area (Å²) in [5, 5.41) is 12.0. The molecule has 4 aliphatic heterocycles. The van der Waals surface area contributed by atoms with Crippen LogP contribution >= 0.6 is 26.7 Å². The van der Waals surface area contributed by atoms with E-state index in [0.717, 1.165) is 33.0 Å². The molecule has 378 valence electrons. The maximum Gasteiger partial charge on any atom is 0.695 e. The zero-order valence-electron chi connectivity index (χ0n) is 39.1. The Bertz CT molecular complexity index is 3010. The molecule has 0 radical (unpaired) electrons. The molecule has 2 saturated heterocycles. The molecule has 0 bridgehead atoms. The van der Waals surface area contributed by atoms with E-state index in [9.17, 15) is 28.9 Å². The third-order valence-corrected chi connectivity index (χ3v) is 21.6. The Balaban J connectivity index is 1.02. The van der Waals surface area contributed by atoms with Crippen molar-refractivity contribution in [2.75, 3.05) is 38.7 Å². The van der Waals surface area contributed by atoms with Gasteiger partial charge >= 0.3 is 15.0 Å². The molecule has 22 nitrogen and oxygen atoms in total. The van der Waals surface area contributed by atoms with E-state index in [1.165, 1.54) is 32.7 Å². The number of hydrogen-bond acceptors (Lipinski definition) is 18. The van der Waals surface area contributed by atoms with Gasteiger partial charge in [-0.15, -0.1) is 21.2 Å². The first-order chi connectivity index (χ1) is 33.8. The van der Waals surface area contributed by atoms with Crippen LogP contribution in [0, 0.1) is 6.57 Å². The third-order valence-electron chi connectivity index (χ3n) is 13.3. The molecule has 2 amide bonds. The number of nitrogens with zero attached hydrogens (tertiary/aromatic N) is 9. The van der Waals surface area contributed by atoms with Crippen LogP contribution in [0.1, 0.15) is 65.9 Å². The Hall–Kier alpha value is -4.29. The molecule has 4 aromatic heterocycles. The van der Waals surface area contributed by atoms with Crippen molar-refractivity contribution < 1.29 is 60.5 Å². The molecular formula is C43H51FN9O13P2S2Si+. The van der Waals surface area contributed by atoms with E-state index in [-0.39, 0.29) is 53.6 Å². The maximum atomic E-state index is 16.7. The number of halogens is 1. The van der Waals surface area contributed by atoms with E-state index in [1.54, 1.807) is 42.2 Å². The molecule has 1 aromatic carbocycles. The third kappa shape index (κ3) is 9.95. The highest BCUT2D eigenvalue weighted by Gasteiger charge is 2.56. The smallest absolute Gasteiger partial charge is 0.408 e. The van der Waals surface area contributed by atoms with Crippen molar-refractivity contribution in [2.24, 2.45) is 0 Å². The lowest BCUT2D eigenvalue weighted by molar-refractivity contribution is -0.0559.